The molecule has 10 heteroatoms. The number of H-pyrrole nitrogens is 1. The highest BCUT2D eigenvalue weighted by molar-refractivity contribution is 5.89. The van der Waals surface area contributed by atoms with E-state index < -0.39 is 41.4 Å². The number of esters is 1. The predicted molar refractivity (Wildman–Crippen MR) is 89.7 cm³/mol. The van der Waals surface area contributed by atoms with Gasteiger partial charge in [-0.25, -0.2) is 14.4 Å². The van der Waals surface area contributed by atoms with Crippen LogP contribution in [0.4, 0.5) is 9.18 Å². The minimum absolute atomic E-state index is 0.0268. The highest BCUT2D eigenvalue weighted by Gasteiger charge is 2.40. The lowest BCUT2D eigenvalue weighted by atomic mass is 10.2. The fraction of sp³-hybridized carbons (Fsp3) is 0.294. The predicted octanol–water partition coefficient (Wildman–Crippen LogP) is 0.872. The van der Waals surface area contributed by atoms with Gasteiger partial charge < -0.3 is 9.47 Å². The molecule has 0 spiro atoms. The van der Waals surface area contributed by atoms with Crippen LogP contribution in [-0.4, -0.2) is 46.3 Å². The van der Waals surface area contributed by atoms with E-state index in [2.05, 4.69) is 4.74 Å². The van der Waals surface area contributed by atoms with Gasteiger partial charge in [0.05, 0.1) is 25.4 Å². The zero-order valence-electron chi connectivity index (χ0n) is 14.3. The van der Waals surface area contributed by atoms with Crippen molar-refractivity contribution < 1.29 is 23.5 Å². The number of nitrogens with zero attached hydrogens (tertiary/aromatic N) is 2. The molecule has 2 heterocycles. The lowest BCUT2D eigenvalue weighted by molar-refractivity contribution is 0.0318. The summed E-state index contributed by atoms with van der Waals surface area (Å²) < 4.78 is 24.6. The van der Waals surface area contributed by atoms with E-state index in [1.54, 1.807) is 30.3 Å². The molecule has 2 atom stereocenters. The average Bonchev–Trinajstić information content (AvgIpc) is 3.08. The van der Waals surface area contributed by atoms with Crippen molar-refractivity contribution in [2.45, 2.75) is 18.7 Å². The molecule has 9 nitrogen and oxygen atoms in total. The minimum Gasteiger partial charge on any atom is -0.457 e. The first kappa shape index (κ1) is 18.4. The van der Waals surface area contributed by atoms with Crippen molar-refractivity contribution in [3.05, 3.63) is 68.7 Å². The molecule has 0 unspecified atom stereocenters. The number of aromatic nitrogens is 2. The number of halogens is 1. The normalized spacial score (nSPS) is 19.0. The number of methoxy groups -OCH3 is 1. The van der Waals surface area contributed by atoms with Crippen molar-refractivity contribution in [1.29, 1.82) is 0 Å². The van der Waals surface area contributed by atoms with Gasteiger partial charge in [-0.2, -0.15) is 4.39 Å². The van der Waals surface area contributed by atoms with E-state index in [9.17, 15) is 23.6 Å². The summed E-state index contributed by atoms with van der Waals surface area (Å²) in [5, 5.41) is 0. The Morgan fingerprint density at radius 2 is 1.93 bits per heavy atom. The number of hydrogen-bond acceptors (Lipinski definition) is 6. The summed E-state index contributed by atoms with van der Waals surface area (Å²) >= 11 is 0. The van der Waals surface area contributed by atoms with Crippen molar-refractivity contribution in [2.24, 2.45) is 0 Å². The van der Waals surface area contributed by atoms with Gasteiger partial charge in [-0.1, -0.05) is 18.2 Å². The van der Waals surface area contributed by atoms with E-state index in [4.69, 9.17) is 4.74 Å². The van der Waals surface area contributed by atoms with E-state index >= 15 is 0 Å². The maximum Gasteiger partial charge on any atom is 0.411 e. The molecule has 1 aromatic heterocycles. The number of rotatable bonds is 3. The van der Waals surface area contributed by atoms with Gasteiger partial charge in [0.25, 0.3) is 5.56 Å². The summed E-state index contributed by atoms with van der Waals surface area (Å²) in [5.74, 6) is -1.77. The smallest absolute Gasteiger partial charge is 0.411 e. The molecule has 0 radical (unpaired) electrons. The van der Waals surface area contributed by atoms with Crippen LogP contribution in [0.5, 0.6) is 0 Å². The molecule has 27 heavy (non-hydrogen) atoms. The van der Waals surface area contributed by atoms with E-state index in [1.807, 2.05) is 4.98 Å². The molecule has 142 valence electrons. The van der Waals surface area contributed by atoms with Crippen LogP contribution < -0.4 is 11.2 Å². The first-order valence-electron chi connectivity index (χ1n) is 8.02. The summed E-state index contributed by atoms with van der Waals surface area (Å²) in [6.45, 7) is -0.0525. The second kappa shape index (κ2) is 7.44. The van der Waals surface area contributed by atoms with Gasteiger partial charge in [-0.15, -0.1) is 0 Å². The van der Waals surface area contributed by atoms with Gasteiger partial charge >= 0.3 is 17.8 Å². The standard InChI is InChI=1S/C17H16FN3O6/c1-26-17(25)21-8-11(27-15(23)10-5-3-2-4-6-10)7-13(21)20-9-12(18)14(22)19-16(20)24/h2-6,9,11,13H,7-8H2,1H3,(H,19,22,24)/t11-,13-/m1/s1. The highest BCUT2D eigenvalue weighted by Crippen LogP contribution is 2.29. The number of hydrogen-bond donors (Lipinski definition) is 1. The number of amides is 1. The van der Waals surface area contributed by atoms with Crippen LogP contribution in [0.15, 0.2) is 46.1 Å². The number of likely N-dealkylation sites (tertiary alicyclic amines) is 1. The van der Waals surface area contributed by atoms with E-state index in [1.165, 1.54) is 0 Å². The lowest BCUT2D eigenvalue weighted by Crippen LogP contribution is -2.41. The van der Waals surface area contributed by atoms with Gasteiger partial charge in [0.15, 0.2) is 0 Å². The van der Waals surface area contributed by atoms with E-state index in [0.717, 1.165) is 16.6 Å². The van der Waals surface area contributed by atoms with Gasteiger partial charge in [0.1, 0.15) is 12.3 Å². The fourth-order valence-corrected chi connectivity index (χ4v) is 2.92. The minimum atomic E-state index is -1.18. The van der Waals surface area contributed by atoms with Crippen molar-refractivity contribution in [2.75, 3.05) is 13.7 Å². The maximum atomic E-state index is 13.6. The number of ether oxygens (including phenoxy) is 2. The molecule has 1 N–H and O–H groups in total. The third-order valence-electron chi connectivity index (χ3n) is 4.17. The Balaban J connectivity index is 1.86. The van der Waals surface area contributed by atoms with Crippen LogP contribution in [0.2, 0.25) is 0 Å². The zero-order valence-corrected chi connectivity index (χ0v) is 14.3. The third kappa shape index (κ3) is 3.73. The molecular formula is C17H16FN3O6. The SMILES string of the molecule is COC(=O)N1C[C@H](OC(=O)c2ccccc2)C[C@@H]1n1cc(F)c(=O)[nH]c1=O. The average molecular weight is 377 g/mol. The highest BCUT2D eigenvalue weighted by atomic mass is 19.1. The summed E-state index contributed by atoms with van der Waals surface area (Å²) in [6, 6.07) is 8.26. The van der Waals surface area contributed by atoms with E-state index in [-0.39, 0.29) is 13.0 Å². The maximum absolute atomic E-state index is 13.6. The van der Waals surface area contributed by atoms with Crippen molar-refractivity contribution in [3.8, 4) is 0 Å². The molecule has 2 aromatic rings. The van der Waals surface area contributed by atoms with Crippen molar-refractivity contribution >= 4 is 12.1 Å². The van der Waals surface area contributed by atoms with Gasteiger partial charge in [0, 0.05) is 6.42 Å². The molecule has 1 aromatic carbocycles. The van der Waals surface area contributed by atoms with Crippen molar-refractivity contribution in [1.82, 2.24) is 14.5 Å². The molecule has 0 aliphatic carbocycles. The summed E-state index contributed by atoms with van der Waals surface area (Å²) in [7, 11) is 1.15. The second-order valence-electron chi connectivity index (χ2n) is 5.88. The molecule has 1 aliphatic heterocycles. The van der Waals surface area contributed by atoms with Gasteiger partial charge in [0.2, 0.25) is 5.82 Å². The molecule has 1 aliphatic rings. The number of nitrogens with one attached hydrogen (secondary N) is 1. The number of carbonyl (C=O) groups is 2. The molecule has 0 saturated carbocycles. The van der Waals surface area contributed by atoms with Gasteiger partial charge in [-0.3, -0.25) is 19.2 Å². The largest absolute Gasteiger partial charge is 0.457 e. The fourth-order valence-electron chi connectivity index (χ4n) is 2.92. The Morgan fingerprint density at radius 3 is 2.59 bits per heavy atom. The quantitative estimate of drug-likeness (QED) is 0.795. The lowest BCUT2D eigenvalue weighted by Gasteiger charge is -2.23. The first-order chi connectivity index (χ1) is 12.9. The topological polar surface area (TPSA) is 111 Å². The molecular weight excluding hydrogens is 361 g/mol. The molecule has 1 amide bonds. The molecule has 3 rings (SSSR count). The Bertz CT molecular complexity index is 971. The number of benzene rings is 1. The third-order valence-corrected chi connectivity index (χ3v) is 4.17. The van der Waals surface area contributed by atoms with Crippen LogP contribution in [0, 0.1) is 5.82 Å². The molecule has 0 bridgehead atoms. The van der Waals surface area contributed by atoms with Crippen LogP contribution in [0.25, 0.3) is 0 Å². The Labute approximate surface area is 151 Å². The summed E-state index contributed by atoms with van der Waals surface area (Å²) in [5.41, 5.74) is -1.72. The molecule has 1 fully saturated rings. The van der Waals surface area contributed by atoms with Crippen LogP contribution in [-0.2, 0) is 9.47 Å². The molecule has 1 saturated heterocycles. The Hall–Kier alpha value is -3.43. The van der Waals surface area contributed by atoms with E-state index in [0.29, 0.717) is 11.8 Å². The zero-order chi connectivity index (χ0) is 19.6. The summed E-state index contributed by atoms with van der Waals surface area (Å²) in [6.07, 6.45) is -1.77. The number of aromatic amines is 1. The van der Waals surface area contributed by atoms with Crippen molar-refractivity contribution in [3.63, 3.8) is 0 Å². The monoisotopic (exact) mass is 377 g/mol. The Morgan fingerprint density at radius 1 is 1.22 bits per heavy atom. The second-order valence-corrected chi connectivity index (χ2v) is 5.88. The Kier molecular flexibility index (Phi) is 5.06. The number of carbonyl (C=O) groups excluding carboxylic acids is 2. The van der Waals surface area contributed by atoms with Crippen LogP contribution in [0.3, 0.4) is 0 Å². The van der Waals surface area contributed by atoms with Crippen LogP contribution in [0.1, 0.15) is 22.9 Å². The summed E-state index contributed by atoms with van der Waals surface area (Å²) in [4.78, 5) is 50.5. The first-order valence-corrected chi connectivity index (χ1v) is 8.02. The van der Waals surface area contributed by atoms with Gasteiger partial charge in [-0.05, 0) is 12.1 Å². The van der Waals surface area contributed by atoms with Crippen LogP contribution >= 0.6 is 0 Å².